The Labute approximate surface area is 117 Å². The van der Waals surface area contributed by atoms with Gasteiger partial charge in [0, 0.05) is 25.0 Å². The van der Waals surface area contributed by atoms with Crippen LogP contribution in [0.5, 0.6) is 0 Å². The standard InChI is InChI=1S/C15H29N3O/c1-12-5-8-18(9-6-12)13(2)11-17-15(19)10-14-4-3-7-16-14/h12-14,16H,3-11H2,1-2H3,(H,17,19). The monoisotopic (exact) mass is 267 g/mol. The second-order valence-electron chi connectivity index (χ2n) is 6.37. The molecule has 0 saturated carbocycles. The third-order valence-corrected chi connectivity index (χ3v) is 4.63. The van der Waals surface area contributed by atoms with Crippen LogP contribution in [-0.4, -0.2) is 49.1 Å². The number of likely N-dealkylation sites (tertiary alicyclic amines) is 1. The van der Waals surface area contributed by atoms with E-state index in [-0.39, 0.29) is 5.91 Å². The molecule has 2 fully saturated rings. The minimum absolute atomic E-state index is 0.205. The number of amides is 1. The lowest BCUT2D eigenvalue weighted by Crippen LogP contribution is -2.46. The third-order valence-electron chi connectivity index (χ3n) is 4.63. The molecule has 2 atom stereocenters. The van der Waals surface area contributed by atoms with Crippen LogP contribution in [0.2, 0.25) is 0 Å². The molecule has 2 aliphatic rings. The van der Waals surface area contributed by atoms with Crippen LogP contribution in [-0.2, 0) is 4.79 Å². The predicted molar refractivity (Wildman–Crippen MR) is 78.1 cm³/mol. The van der Waals surface area contributed by atoms with Gasteiger partial charge in [-0.25, -0.2) is 0 Å². The van der Waals surface area contributed by atoms with Gasteiger partial charge < -0.3 is 10.6 Å². The highest BCUT2D eigenvalue weighted by Crippen LogP contribution is 2.17. The average Bonchev–Trinajstić information content (AvgIpc) is 2.89. The van der Waals surface area contributed by atoms with Crippen LogP contribution in [0.1, 0.15) is 46.0 Å². The second-order valence-corrected chi connectivity index (χ2v) is 6.37. The van der Waals surface area contributed by atoms with Gasteiger partial charge in [-0.15, -0.1) is 0 Å². The smallest absolute Gasteiger partial charge is 0.221 e. The highest BCUT2D eigenvalue weighted by molar-refractivity contribution is 5.76. The Bertz CT molecular complexity index is 281. The SMILES string of the molecule is CC1CCN(C(C)CNC(=O)CC2CCCN2)CC1. The molecule has 0 bridgehead atoms. The van der Waals surface area contributed by atoms with Gasteiger partial charge in [-0.3, -0.25) is 9.69 Å². The second kappa shape index (κ2) is 7.25. The molecule has 2 unspecified atom stereocenters. The fourth-order valence-corrected chi connectivity index (χ4v) is 3.09. The van der Waals surface area contributed by atoms with Gasteiger partial charge in [0.05, 0.1) is 0 Å². The highest BCUT2D eigenvalue weighted by Gasteiger charge is 2.21. The first-order chi connectivity index (χ1) is 9.15. The number of nitrogens with zero attached hydrogens (tertiary/aromatic N) is 1. The number of rotatable bonds is 5. The molecule has 0 aromatic rings. The van der Waals surface area contributed by atoms with Gasteiger partial charge in [-0.05, 0) is 58.2 Å². The summed E-state index contributed by atoms with van der Waals surface area (Å²) in [5.41, 5.74) is 0. The molecule has 0 aromatic heterocycles. The van der Waals surface area contributed by atoms with E-state index < -0.39 is 0 Å². The largest absolute Gasteiger partial charge is 0.354 e. The van der Waals surface area contributed by atoms with E-state index in [9.17, 15) is 4.79 Å². The molecule has 0 aliphatic carbocycles. The molecule has 1 amide bonds. The summed E-state index contributed by atoms with van der Waals surface area (Å²) in [6.45, 7) is 8.79. The zero-order chi connectivity index (χ0) is 13.7. The van der Waals surface area contributed by atoms with Crippen LogP contribution in [0.25, 0.3) is 0 Å². The minimum Gasteiger partial charge on any atom is -0.354 e. The Hall–Kier alpha value is -0.610. The summed E-state index contributed by atoms with van der Waals surface area (Å²) in [5.74, 6) is 1.07. The van der Waals surface area contributed by atoms with Gasteiger partial charge in [0.15, 0.2) is 0 Å². The lowest BCUT2D eigenvalue weighted by atomic mass is 9.98. The third kappa shape index (κ3) is 4.77. The number of hydrogen-bond donors (Lipinski definition) is 2. The summed E-state index contributed by atoms with van der Waals surface area (Å²) < 4.78 is 0. The molecule has 0 radical (unpaired) electrons. The van der Waals surface area contributed by atoms with Gasteiger partial charge in [0.2, 0.25) is 5.91 Å². The van der Waals surface area contributed by atoms with Gasteiger partial charge in [0.25, 0.3) is 0 Å². The molecule has 4 heteroatoms. The molecular weight excluding hydrogens is 238 g/mol. The molecule has 2 aliphatic heterocycles. The van der Waals surface area contributed by atoms with Crippen molar-refractivity contribution in [1.29, 1.82) is 0 Å². The molecule has 2 rings (SSSR count). The number of piperidine rings is 1. The Morgan fingerprint density at radius 2 is 2.11 bits per heavy atom. The maximum atomic E-state index is 11.9. The van der Waals surface area contributed by atoms with Gasteiger partial charge >= 0.3 is 0 Å². The van der Waals surface area contributed by atoms with Crippen molar-refractivity contribution in [3.63, 3.8) is 0 Å². The van der Waals surface area contributed by atoms with Crippen molar-refractivity contribution in [2.45, 2.75) is 58.0 Å². The van der Waals surface area contributed by atoms with E-state index in [4.69, 9.17) is 0 Å². The van der Waals surface area contributed by atoms with E-state index in [1.54, 1.807) is 0 Å². The average molecular weight is 267 g/mol. The van der Waals surface area contributed by atoms with E-state index in [0.717, 1.165) is 25.4 Å². The van der Waals surface area contributed by atoms with Crippen LogP contribution >= 0.6 is 0 Å². The van der Waals surface area contributed by atoms with E-state index >= 15 is 0 Å². The summed E-state index contributed by atoms with van der Waals surface area (Å²) in [6.07, 6.45) is 5.59. The van der Waals surface area contributed by atoms with Crippen molar-refractivity contribution in [2.24, 2.45) is 5.92 Å². The number of nitrogens with one attached hydrogen (secondary N) is 2. The summed E-state index contributed by atoms with van der Waals surface area (Å²) in [6, 6.07) is 0.874. The molecule has 19 heavy (non-hydrogen) atoms. The van der Waals surface area contributed by atoms with Crippen molar-refractivity contribution in [1.82, 2.24) is 15.5 Å². The van der Waals surface area contributed by atoms with Crippen LogP contribution in [0, 0.1) is 5.92 Å². The van der Waals surface area contributed by atoms with E-state index in [2.05, 4.69) is 29.4 Å². The summed E-state index contributed by atoms with van der Waals surface area (Å²) in [7, 11) is 0. The van der Waals surface area contributed by atoms with Crippen LogP contribution in [0.15, 0.2) is 0 Å². The predicted octanol–water partition coefficient (Wildman–Crippen LogP) is 1.37. The topological polar surface area (TPSA) is 44.4 Å². The molecule has 4 nitrogen and oxygen atoms in total. The maximum absolute atomic E-state index is 11.9. The van der Waals surface area contributed by atoms with Crippen LogP contribution < -0.4 is 10.6 Å². The summed E-state index contributed by atoms with van der Waals surface area (Å²) >= 11 is 0. The van der Waals surface area contributed by atoms with E-state index in [0.29, 0.717) is 18.5 Å². The molecule has 2 N–H and O–H groups in total. The Morgan fingerprint density at radius 3 is 2.74 bits per heavy atom. The lowest BCUT2D eigenvalue weighted by Gasteiger charge is -2.35. The molecular formula is C15H29N3O. The van der Waals surface area contributed by atoms with E-state index in [1.165, 1.54) is 32.4 Å². The first kappa shape index (κ1) is 14.8. The number of hydrogen-bond acceptors (Lipinski definition) is 3. The van der Waals surface area contributed by atoms with E-state index in [1.807, 2.05) is 0 Å². The normalized spacial score (nSPS) is 27.4. The van der Waals surface area contributed by atoms with Gasteiger partial charge in [-0.2, -0.15) is 0 Å². The van der Waals surface area contributed by atoms with Crippen molar-refractivity contribution in [2.75, 3.05) is 26.2 Å². The summed E-state index contributed by atoms with van der Waals surface area (Å²) in [5, 5.41) is 6.47. The fourth-order valence-electron chi connectivity index (χ4n) is 3.09. The Kier molecular flexibility index (Phi) is 5.64. The first-order valence-corrected chi connectivity index (χ1v) is 7.89. The van der Waals surface area contributed by atoms with Gasteiger partial charge in [0.1, 0.15) is 0 Å². The van der Waals surface area contributed by atoms with Crippen molar-refractivity contribution >= 4 is 5.91 Å². The van der Waals surface area contributed by atoms with Crippen LogP contribution in [0.4, 0.5) is 0 Å². The Morgan fingerprint density at radius 1 is 1.37 bits per heavy atom. The lowest BCUT2D eigenvalue weighted by molar-refractivity contribution is -0.121. The van der Waals surface area contributed by atoms with Crippen LogP contribution in [0.3, 0.4) is 0 Å². The molecule has 2 heterocycles. The molecule has 0 aromatic carbocycles. The Balaban J connectivity index is 1.62. The summed E-state index contributed by atoms with van der Waals surface area (Å²) in [4.78, 5) is 14.4. The zero-order valence-electron chi connectivity index (χ0n) is 12.5. The fraction of sp³-hybridized carbons (Fsp3) is 0.933. The molecule has 110 valence electrons. The molecule has 0 spiro atoms. The van der Waals surface area contributed by atoms with Gasteiger partial charge in [-0.1, -0.05) is 6.92 Å². The van der Waals surface area contributed by atoms with Crippen molar-refractivity contribution < 1.29 is 4.79 Å². The number of carbonyl (C=O) groups excluding carboxylic acids is 1. The quantitative estimate of drug-likeness (QED) is 0.790. The molecule has 2 saturated heterocycles. The zero-order valence-corrected chi connectivity index (χ0v) is 12.5. The van der Waals surface area contributed by atoms with Crippen molar-refractivity contribution in [3.8, 4) is 0 Å². The minimum atomic E-state index is 0.205. The van der Waals surface area contributed by atoms with Crippen molar-refractivity contribution in [3.05, 3.63) is 0 Å². The maximum Gasteiger partial charge on any atom is 0.221 e. The first-order valence-electron chi connectivity index (χ1n) is 7.89. The highest BCUT2D eigenvalue weighted by atomic mass is 16.1. The number of carbonyl (C=O) groups is 1.